The first kappa shape index (κ1) is 25.5. The second kappa shape index (κ2) is 9.48. The fraction of sp³-hybridized carbons (Fsp3) is 0.240. The Hall–Kier alpha value is -4.55. The van der Waals surface area contributed by atoms with E-state index in [1.807, 2.05) is 0 Å². The molecule has 0 heterocycles. The van der Waals surface area contributed by atoms with Crippen LogP contribution in [-0.2, 0) is 19.1 Å². The number of ether oxygens (including phenoxy) is 1. The molecule has 8 N–H and O–H groups in total. The van der Waals surface area contributed by atoms with Crippen LogP contribution in [-0.4, -0.2) is 77.1 Å². The van der Waals surface area contributed by atoms with E-state index in [0.717, 1.165) is 36.4 Å². The molecule has 2 aliphatic rings. The lowest BCUT2D eigenvalue weighted by molar-refractivity contribution is -0.158. The SMILES string of the molecule is O=C(O)C1=C[C@@H](O)[C@@H](O)[C@H](OC(=O)C2=Cc3cc(O)c(O)cc3[C@H](c3ccc(O)c(O)c3)[C@H]2C(=O)O)C1. The van der Waals surface area contributed by atoms with Gasteiger partial charge in [-0.15, -0.1) is 0 Å². The normalized spacial score (nSPS) is 24.9. The Morgan fingerprint density at radius 3 is 2.14 bits per heavy atom. The van der Waals surface area contributed by atoms with Crippen LogP contribution in [0.25, 0.3) is 6.08 Å². The predicted molar refractivity (Wildman–Crippen MR) is 123 cm³/mol. The number of fused-ring (bicyclic) bond motifs is 1. The van der Waals surface area contributed by atoms with E-state index in [2.05, 4.69) is 0 Å². The van der Waals surface area contributed by atoms with Gasteiger partial charge in [-0.2, -0.15) is 0 Å². The van der Waals surface area contributed by atoms with Crippen molar-refractivity contribution in [2.24, 2.45) is 5.92 Å². The van der Waals surface area contributed by atoms with Crippen molar-refractivity contribution >= 4 is 24.0 Å². The monoisotopic (exact) mass is 514 g/mol. The molecule has 0 aliphatic heterocycles. The van der Waals surface area contributed by atoms with Crippen LogP contribution in [0, 0.1) is 5.92 Å². The Morgan fingerprint density at radius 1 is 0.865 bits per heavy atom. The van der Waals surface area contributed by atoms with Gasteiger partial charge < -0.3 is 45.6 Å². The van der Waals surface area contributed by atoms with Gasteiger partial charge in [0.05, 0.1) is 11.5 Å². The second-order valence-electron chi connectivity index (χ2n) is 8.74. The molecule has 2 aromatic rings. The number of aliphatic hydroxyl groups excluding tert-OH is 2. The van der Waals surface area contributed by atoms with Gasteiger partial charge in [-0.05, 0) is 53.1 Å². The average Bonchev–Trinajstić information content (AvgIpc) is 2.83. The third-order valence-electron chi connectivity index (χ3n) is 6.41. The van der Waals surface area contributed by atoms with E-state index in [1.54, 1.807) is 0 Å². The summed E-state index contributed by atoms with van der Waals surface area (Å²) in [4.78, 5) is 37.1. The van der Waals surface area contributed by atoms with Crippen LogP contribution < -0.4 is 0 Å². The number of hydrogen-bond donors (Lipinski definition) is 8. The van der Waals surface area contributed by atoms with E-state index < -0.39 is 83.0 Å². The summed E-state index contributed by atoms with van der Waals surface area (Å²) in [7, 11) is 0. The van der Waals surface area contributed by atoms with E-state index in [4.69, 9.17) is 4.74 Å². The zero-order chi connectivity index (χ0) is 27.2. The maximum absolute atomic E-state index is 13.3. The Labute approximate surface area is 208 Å². The van der Waals surface area contributed by atoms with Crippen molar-refractivity contribution in [3.05, 3.63) is 64.2 Å². The molecule has 12 heteroatoms. The topological polar surface area (TPSA) is 222 Å². The molecule has 2 aliphatic carbocycles. The third-order valence-corrected chi connectivity index (χ3v) is 6.41. The van der Waals surface area contributed by atoms with Gasteiger partial charge in [0.1, 0.15) is 18.3 Å². The number of carboxylic acid groups (broad SMARTS) is 2. The molecule has 0 spiro atoms. The van der Waals surface area contributed by atoms with E-state index >= 15 is 0 Å². The number of esters is 1. The number of aromatic hydroxyl groups is 4. The van der Waals surface area contributed by atoms with Crippen LogP contribution in [0.5, 0.6) is 23.0 Å². The lowest BCUT2D eigenvalue weighted by Gasteiger charge is -2.34. The molecule has 0 radical (unpaired) electrons. The van der Waals surface area contributed by atoms with Crippen molar-refractivity contribution in [3.8, 4) is 23.0 Å². The summed E-state index contributed by atoms with van der Waals surface area (Å²) in [6, 6.07) is 5.71. The van der Waals surface area contributed by atoms with Crippen LogP contribution in [0.15, 0.2) is 47.6 Å². The molecule has 5 atom stereocenters. The summed E-state index contributed by atoms with van der Waals surface area (Å²) in [5, 5.41) is 79.4. The van der Waals surface area contributed by atoms with Gasteiger partial charge in [0, 0.05) is 17.9 Å². The minimum Gasteiger partial charge on any atom is -0.504 e. The van der Waals surface area contributed by atoms with Gasteiger partial charge in [-0.3, -0.25) is 4.79 Å². The summed E-state index contributed by atoms with van der Waals surface area (Å²) in [5.74, 6) is -9.23. The van der Waals surface area contributed by atoms with E-state index in [-0.39, 0.29) is 22.3 Å². The Balaban J connectivity index is 1.81. The van der Waals surface area contributed by atoms with Gasteiger partial charge in [-0.1, -0.05) is 6.07 Å². The first-order chi connectivity index (χ1) is 17.4. The molecule has 194 valence electrons. The van der Waals surface area contributed by atoms with Gasteiger partial charge in [-0.25, -0.2) is 9.59 Å². The summed E-state index contributed by atoms with van der Waals surface area (Å²) in [6.45, 7) is 0. The van der Waals surface area contributed by atoms with Crippen LogP contribution in [0.3, 0.4) is 0 Å². The van der Waals surface area contributed by atoms with Crippen molar-refractivity contribution in [1.29, 1.82) is 0 Å². The molecule has 0 saturated heterocycles. The first-order valence-electron chi connectivity index (χ1n) is 10.9. The lowest BCUT2D eigenvalue weighted by atomic mass is 9.71. The maximum atomic E-state index is 13.3. The summed E-state index contributed by atoms with van der Waals surface area (Å²) in [5.41, 5.74) is -0.320. The molecule has 37 heavy (non-hydrogen) atoms. The van der Waals surface area contributed by atoms with Crippen molar-refractivity contribution in [2.45, 2.75) is 30.7 Å². The van der Waals surface area contributed by atoms with E-state index in [9.17, 15) is 55.2 Å². The third kappa shape index (κ3) is 4.67. The zero-order valence-corrected chi connectivity index (χ0v) is 18.8. The number of rotatable bonds is 5. The molecule has 0 bridgehead atoms. The number of aliphatic hydroxyl groups is 2. The molecule has 0 fully saturated rings. The van der Waals surface area contributed by atoms with E-state index in [1.165, 1.54) is 6.07 Å². The van der Waals surface area contributed by atoms with Gasteiger partial charge in [0.15, 0.2) is 23.0 Å². The van der Waals surface area contributed by atoms with Crippen molar-refractivity contribution in [1.82, 2.24) is 0 Å². The highest BCUT2D eigenvalue weighted by molar-refractivity contribution is 6.02. The number of hydrogen-bond acceptors (Lipinski definition) is 10. The maximum Gasteiger partial charge on any atom is 0.335 e. The van der Waals surface area contributed by atoms with Crippen molar-refractivity contribution < 1.29 is 60.0 Å². The second-order valence-corrected chi connectivity index (χ2v) is 8.74. The number of aliphatic carboxylic acids is 2. The number of phenolic OH excluding ortho intramolecular Hbond substituents is 4. The zero-order valence-electron chi connectivity index (χ0n) is 18.8. The Bertz CT molecular complexity index is 1360. The largest absolute Gasteiger partial charge is 0.504 e. The molecule has 0 amide bonds. The quantitative estimate of drug-likeness (QED) is 0.205. The number of carbonyl (C=O) groups is 3. The Kier molecular flexibility index (Phi) is 6.55. The predicted octanol–water partition coefficient (Wildman–Crippen LogP) is 0.787. The lowest BCUT2D eigenvalue weighted by Crippen LogP contribution is -2.44. The van der Waals surface area contributed by atoms with Crippen LogP contribution >= 0.6 is 0 Å². The first-order valence-corrected chi connectivity index (χ1v) is 10.9. The number of phenols is 4. The minimum absolute atomic E-state index is 0.132. The minimum atomic E-state index is -1.68. The van der Waals surface area contributed by atoms with Crippen molar-refractivity contribution in [3.63, 3.8) is 0 Å². The highest BCUT2D eigenvalue weighted by Crippen LogP contribution is 2.47. The van der Waals surface area contributed by atoms with Crippen LogP contribution in [0.2, 0.25) is 0 Å². The van der Waals surface area contributed by atoms with Crippen molar-refractivity contribution in [2.75, 3.05) is 0 Å². The Morgan fingerprint density at radius 2 is 1.51 bits per heavy atom. The average molecular weight is 514 g/mol. The number of benzene rings is 2. The van der Waals surface area contributed by atoms with Gasteiger partial charge in [0.25, 0.3) is 0 Å². The smallest absolute Gasteiger partial charge is 0.335 e. The standard InChI is InChI=1S/C25H22O12/c26-14-2-1-9(4-15(14)27)20-12-8-17(29)16(28)5-10(12)3-13(21(20)24(34)35)25(36)37-19-7-11(23(32)33)6-18(30)22(19)31/h1-6,8,18-22,26-31H,7H2,(H,32,33)(H,34,35)/t18-,19-,20+,21+,22-/m1/s1. The highest BCUT2D eigenvalue weighted by Gasteiger charge is 2.44. The van der Waals surface area contributed by atoms with Gasteiger partial charge >= 0.3 is 17.9 Å². The molecular weight excluding hydrogens is 492 g/mol. The number of carboxylic acids is 2. The molecule has 4 rings (SSSR count). The molecule has 2 aromatic carbocycles. The van der Waals surface area contributed by atoms with Crippen LogP contribution in [0.1, 0.15) is 29.0 Å². The highest BCUT2D eigenvalue weighted by atomic mass is 16.6. The molecule has 0 unspecified atom stereocenters. The molecular formula is C25H22O12. The van der Waals surface area contributed by atoms with E-state index in [0.29, 0.717) is 0 Å². The fourth-order valence-corrected chi connectivity index (χ4v) is 4.59. The fourth-order valence-electron chi connectivity index (χ4n) is 4.59. The number of carbonyl (C=O) groups excluding carboxylic acids is 1. The summed E-state index contributed by atoms with van der Waals surface area (Å²) in [6.07, 6.45) is -3.27. The molecule has 12 nitrogen and oxygen atoms in total. The van der Waals surface area contributed by atoms with Gasteiger partial charge in [0.2, 0.25) is 0 Å². The summed E-state index contributed by atoms with van der Waals surface area (Å²) < 4.78 is 5.28. The molecule has 0 aromatic heterocycles. The molecule has 0 saturated carbocycles. The summed E-state index contributed by atoms with van der Waals surface area (Å²) >= 11 is 0. The van der Waals surface area contributed by atoms with Crippen LogP contribution in [0.4, 0.5) is 0 Å².